The highest BCUT2D eigenvalue weighted by Crippen LogP contribution is 2.21. The molecule has 0 aliphatic carbocycles. The van der Waals surface area contributed by atoms with Crippen LogP contribution in [-0.4, -0.2) is 14.8 Å². The number of pyridine rings is 1. The summed E-state index contributed by atoms with van der Waals surface area (Å²) in [5.41, 5.74) is 3.16. The van der Waals surface area contributed by atoms with Crippen LogP contribution in [0.2, 0.25) is 5.02 Å². The number of aromatic nitrogens is 3. The lowest BCUT2D eigenvalue weighted by Gasteiger charge is -2.08. The maximum atomic E-state index is 13.7. The molecule has 4 nitrogen and oxygen atoms in total. The molecule has 2 heterocycles. The molecule has 2 aromatic heterocycles. The number of benzene rings is 1. The van der Waals surface area contributed by atoms with Crippen LogP contribution in [-0.2, 0) is 13.6 Å². The van der Waals surface area contributed by atoms with E-state index >= 15 is 0 Å². The Bertz CT molecular complexity index is 813. The number of anilines is 1. The van der Waals surface area contributed by atoms with E-state index in [-0.39, 0.29) is 5.82 Å². The van der Waals surface area contributed by atoms with E-state index in [9.17, 15) is 4.39 Å². The van der Waals surface area contributed by atoms with Gasteiger partial charge in [-0.3, -0.25) is 4.68 Å². The first-order valence-corrected chi connectivity index (χ1v) is 6.89. The van der Waals surface area contributed by atoms with Crippen LogP contribution in [0.5, 0.6) is 0 Å². The Kier molecular flexibility index (Phi) is 3.51. The molecule has 3 rings (SSSR count). The molecule has 1 N–H and O–H groups in total. The number of halogens is 2. The molecule has 0 radical (unpaired) electrons. The van der Waals surface area contributed by atoms with E-state index < -0.39 is 0 Å². The highest BCUT2D eigenvalue weighted by atomic mass is 35.5. The van der Waals surface area contributed by atoms with Gasteiger partial charge in [0, 0.05) is 30.2 Å². The molecule has 0 atom stereocenters. The van der Waals surface area contributed by atoms with Crippen LogP contribution in [0, 0.1) is 12.7 Å². The zero-order chi connectivity index (χ0) is 15.0. The highest BCUT2D eigenvalue weighted by molar-refractivity contribution is 6.30. The van der Waals surface area contributed by atoms with Crippen LogP contribution in [0.15, 0.2) is 30.5 Å². The third-order valence-corrected chi connectivity index (χ3v) is 3.57. The summed E-state index contributed by atoms with van der Waals surface area (Å²) in [7, 11) is 1.86. The smallest absolute Gasteiger partial charge is 0.157 e. The molecule has 0 spiro atoms. The second kappa shape index (κ2) is 5.33. The van der Waals surface area contributed by atoms with Gasteiger partial charge < -0.3 is 5.32 Å². The number of hydrogen-bond donors (Lipinski definition) is 1. The number of fused-ring (bicyclic) bond motifs is 1. The number of hydrogen-bond acceptors (Lipinski definition) is 3. The first-order valence-electron chi connectivity index (χ1n) is 6.52. The molecule has 0 bridgehead atoms. The summed E-state index contributed by atoms with van der Waals surface area (Å²) >= 11 is 5.73. The summed E-state index contributed by atoms with van der Waals surface area (Å²) in [6, 6.07) is 6.58. The zero-order valence-electron chi connectivity index (χ0n) is 11.7. The quantitative estimate of drug-likeness (QED) is 0.802. The van der Waals surface area contributed by atoms with Crippen molar-refractivity contribution in [1.29, 1.82) is 0 Å². The van der Waals surface area contributed by atoms with Gasteiger partial charge in [-0.25, -0.2) is 9.37 Å². The molecule has 0 saturated carbocycles. The van der Waals surface area contributed by atoms with E-state index in [1.165, 1.54) is 6.07 Å². The summed E-state index contributed by atoms with van der Waals surface area (Å²) in [6.07, 6.45) is 1.77. The minimum atomic E-state index is -0.367. The van der Waals surface area contributed by atoms with Gasteiger partial charge >= 0.3 is 0 Å². The minimum Gasteiger partial charge on any atom is -0.379 e. The van der Waals surface area contributed by atoms with Gasteiger partial charge in [0.05, 0.1) is 11.4 Å². The molecule has 0 unspecified atom stereocenters. The topological polar surface area (TPSA) is 42.7 Å². The van der Waals surface area contributed by atoms with E-state index in [2.05, 4.69) is 15.4 Å². The van der Waals surface area contributed by atoms with Crippen LogP contribution in [0.25, 0.3) is 11.0 Å². The average molecular weight is 305 g/mol. The third kappa shape index (κ3) is 2.69. The van der Waals surface area contributed by atoms with Crippen molar-refractivity contribution in [1.82, 2.24) is 14.8 Å². The fraction of sp³-hybridized carbons (Fsp3) is 0.200. The van der Waals surface area contributed by atoms with Gasteiger partial charge in [-0.05, 0) is 36.8 Å². The van der Waals surface area contributed by atoms with Gasteiger partial charge in [-0.15, -0.1) is 0 Å². The summed E-state index contributed by atoms with van der Waals surface area (Å²) in [5.74, 6) is -0.367. The van der Waals surface area contributed by atoms with Crippen molar-refractivity contribution in [2.45, 2.75) is 13.5 Å². The van der Waals surface area contributed by atoms with Crippen LogP contribution in [0.1, 0.15) is 11.3 Å². The molecule has 0 fully saturated rings. The van der Waals surface area contributed by atoms with Crippen molar-refractivity contribution in [2.24, 2.45) is 7.05 Å². The number of rotatable bonds is 3. The monoisotopic (exact) mass is 304 g/mol. The highest BCUT2D eigenvalue weighted by Gasteiger charge is 2.08. The Morgan fingerprint density at radius 3 is 2.90 bits per heavy atom. The molecule has 3 aromatic rings. The van der Waals surface area contributed by atoms with Gasteiger partial charge in [0.15, 0.2) is 5.65 Å². The van der Waals surface area contributed by atoms with Crippen molar-refractivity contribution in [3.63, 3.8) is 0 Å². The Morgan fingerprint density at radius 1 is 1.33 bits per heavy atom. The van der Waals surface area contributed by atoms with Gasteiger partial charge in [0.1, 0.15) is 5.82 Å². The van der Waals surface area contributed by atoms with E-state index in [0.717, 1.165) is 22.3 Å². The van der Waals surface area contributed by atoms with Crippen molar-refractivity contribution in [3.05, 3.63) is 52.6 Å². The Balaban J connectivity index is 1.83. The van der Waals surface area contributed by atoms with E-state index in [0.29, 0.717) is 17.3 Å². The first-order chi connectivity index (χ1) is 10.0. The zero-order valence-corrected chi connectivity index (χ0v) is 12.4. The maximum Gasteiger partial charge on any atom is 0.157 e. The number of nitrogens with one attached hydrogen (secondary N) is 1. The lowest BCUT2D eigenvalue weighted by Crippen LogP contribution is -2.02. The van der Waals surface area contributed by atoms with Gasteiger partial charge in [0.25, 0.3) is 0 Å². The molecule has 0 aliphatic rings. The van der Waals surface area contributed by atoms with Crippen LogP contribution in [0.4, 0.5) is 10.1 Å². The molecule has 6 heteroatoms. The standard InChI is InChI=1S/C15H14ClFN4/c1-9-12-5-10(8-19-15(12)21(2)20-9)7-18-14-4-3-11(16)6-13(14)17/h3-6,8,18H,7H2,1-2H3. The summed E-state index contributed by atoms with van der Waals surface area (Å²) < 4.78 is 15.4. The van der Waals surface area contributed by atoms with Crippen molar-refractivity contribution >= 4 is 28.3 Å². The third-order valence-electron chi connectivity index (χ3n) is 3.33. The molecule has 0 saturated heterocycles. The van der Waals surface area contributed by atoms with Crippen molar-refractivity contribution in [2.75, 3.05) is 5.32 Å². The SMILES string of the molecule is Cc1nn(C)c2ncc(CNc3ccc(Cl)cc3F)cc12. The second-order valence-corrected chi connectivity index (χ2v) is 5.34. The molecule has 0 aliphatic heterocycles. The van der Waals surface area contributed by atoms with Crippen LogP contribution >= 0.6 is 11.6 Å². The summed E-state index contributed by atoms with van der Waals surface area (Å²) in [6.45, 7) is 2.43. The first kappa shape index (κ1) is 13.8. The second-order valence-electron chi connectivity index (χ2n) is 4.90. The van der Waals surface area contributed by atoms with E-state index in [4.69, 9.17) is 11.6 Å². The fourth-order valence-corrected chi connectivity index (χ4v) is 2.44. The predicted octanol–water partition coefficient (Wildman–Crippen LogP) is 3.68. The van der Waals surface area contributed by atoms with Crippen molar-refractivity contribution < 1.29 is 4.39 Å². The molecular formula is C15H14ClFN4. The number of aryl methyl sites for hydroxylation is 2. The average Bonchev–Trinajstić information content (AvgIpc) is 2.73. The molecule has 0 amide bonds. The number of nitrogens with zero attached hydrogens (tertiary/aromatic N) is 3. The molecular weight excluding hydrogens is 291 g/mol. The van der Waals surface area contributed by atoms with Gasteiger partial charge in [-0.2, -0.15) is 5.10 Å². The molecule has 1 aromatic carbocycles. The summed E-state index contributed by atoms with van der Waals surface area (Å²) in [5, 5.41) is 8.77. The lowest BCUT2D eigenvalue weighted by atomic mass is 10.2. The van der Waals surface area contributed by atoms with Gasteiger partial charge in [0.2, 0.25) is 0 Å². The predicted molar refractivity (Wildman–Crippen MR) is 82.0 cm³/mol. The largest absolute Gasteiger partial charge is 0.379 e. The van der Waals surface area contributed by atoms with Crippen LogP contribution in [0.3, 0.4) is 0 Å². The summed E-state index contributed by atoms with van der Waals surface area (Å²) in [4.78, 5) is 4.40. The fourth-order valence-electron chi connectivity index (χ4n) is 2.28. The Morgan fingerprint density at radius 2 is 2.14 bits per heavy atom. The van der Waals surface area contributed by atoms with Crippen LogP contribution < -0.4 is 5.32 Å². The normalized spacial score (nSPS) is 11.0. The Labute approximate surface area is 126 Å². The van der Waals surface area contributed by atoms with E-state index in [1.807, 2.05) is 20.0 Å². The van der Waals surface area contributed by atoms with E-state index in [1.54, 1.807) is 23.0 Å². The lowest BCUT2D eigenvalue weighted by molar-refractivity contribution is 0.630. The molecule has 108 valence electrons. The Hall–Kier alpha value is -2.14. The molecule has 21 heavy (non-hydrogen) atoms. The van der Waals surface area contributed by atoms with Crippen molar-refractivity contribution in [3.8, 4) is 0 Å². The minimum absolute atomic E-state index is 0.367. The van der Waals surface area contributed by atoms with Gasteiger partial charge in [-0.1, -0.05) is 11.6 Å². The maximum absolute atomic E-state index is 13.7.